The minimum absolute atomic E-state index is 0.254. The van der Waals surface area contributed by atoms with Gasteiger partial charge in [0.2, 0.25) is 0 Å². The molecule has 0 heterocycles. The van der Waals surface area contributed by atoms with Gasteiger partial charge in [-0.15, -0.1) is 0 Å². The van der Waals surface area contributed by atoms with Gasteiger partial charge in [-0.05, 0) is 35.7 Å². The van der Waals surface area contributed by atoms with Crippen LogP contribution in [0.4, 0.5) is 11.4 Å². The maximum Gasteiger partial charge on any atom is 0.303 e. The molecule has 3 aromatic carbocycles. The second kappa shape index (κ2) is 7.38. The highest BCUT2D eigenvalue weighted by atomic mass is 32.2. The second-order valence-electron chi connectivity index (χ2n) is 6.29. The lowest BCUT2D eigenvalue weighted by atomic mass is 10.1. The van der Waals surface area contributed by atoms with Crippen molar-refractivity contribution in [2.45, 2.75) is 0 Å². The summed E-state index contributed by atoms with van der Waals surface area (Å²) in [4.78, 5) is 12.6. The predicted molar refractivity (Wildman–Crippen MR) is 109 cm³/mol. The fourth-order valence-electron chi connectivity index (χ4n) is 2.73. The van der Waals surface area contributed by atoms with Crippen LogP contribution in [0.1, 0.15) is 10.4 Å². The van der Waals surface area contributed by atoms with Gasteiger partial charge in [-0.1, -0.05) is 36.4 Å². The highest BCUT2D eigenvalue weighted by Crippen LogP contribution is 2.24. The molecule has 0 atom stereocenters. The molecule has 0 radical (unpaired) electrons. The number of rotatable bonds is 5. The quantitative estimate of drug-likeness (QED) is 0.735. The lowest BCUT2D eigenvalue weighted by Crippen LogP contribution is -2.37. The van der Waals surface area contributed by atoms with Gasteiger partial charge in [0, 0.05) is 37.8 Å². The number of nitrogens with one attached hydrogen (secondary N) is 1. The monoisotopic (exact) mass is 383 g/mol. The molecule has 0 aliphatic heterocycles. The van der Waals surface area contributed by atoms with Crippen LogP contribution >= 0.6 is 0 Å². The summed E-state index contributed by atoms with van der Waals surface area (Å²) in [6, 6.07) is 20.0. The number of hydrogen-bond donors (Lipinski definition) is 1. The predicted octanol–water partition coefficient (Wildman–Crippen LogP) is 3.33. The average Bonchev–Trinajstić information content (AvgIpc) is 2.67. The minimum Gasteiger partial charge on any atom is -0.321 e. The zero-order valence-electron chi connectivity index (χ0n) is 15.4. The lowest BCUT2D eigenvalue weighted by Gasteiger charge is -2.23. The van der Waals surface area contributed by atoms with Gasteiger partial charge in [-0.2, -0.15) is 12.7 Å². The van der Waals surface area contributed by atoms with Crippen LogP contribution in [-0.4, -0.2) is 39.8 Å². The van der Waals surface area contributed by atoms with E-state index in [1.54, 1.807) is 24.3 Å². The van der Waals surface area contributed by atoms with Gasteiger partial charge in [-0.3, -0.25) is 9.10 Å². The van der Waals surface area contributed by atoms with E-state index in [2.05, 4.69) is 5.32 Å². The van der Waals surface area contributed by atoms with E-state index in [9.17, 15) is 13.2 Å². The molecule has 0 aliphatic rings. The van der Waals surface area contributed by atoms with E-state index in [0.29, 0.717) is 11.3 Å². The molecule has 6 nitrogen and oxygen atoms in total. The fraction of sp³-hybridized carbons (Fsp3) is 0.150. The Hall–Kier alpha value is -2.90. The summed E-state index contributed by atoms with van der Waals surface area (Å²) in [5.41, 5.74) is 1.65. The second-order valence-corrected chi connectivity index (χ2v) is 8.46. The topological polar surface area (TPSA) is 69.7 Å². The van der Waals surface area contributed by atoms with Crippen molar-refractivity contribution in [2.75, 3.05) is 30.8 Å². The van der Waals surface area contributed by atoms with Crippen molar-refractivity contribution in [3.05, 3.63) is 72.3 Å². The van der Waals surface area contributed by atoms with Crippen LogP contribution in [0.15, 0.2) is 66.7 Å². The van der Waals surface area contributed by atoms with E-state index < -0.39 is 10.2 Å². The molecule has 0 saturated carbocycles. The normalized spacial score (nSPS) is 11.6. The summed E-state index contributed by atoms with van der Waals surface area (Å²) in [5, 5.41) is 4.92. The molecular formula is C20H21N3O3S. The van der Waals surface area contributed by atoms with E-state index >= 15 is 0 Å². The Balaban J connectivity index is 1.82. The molecule has 0 fully saturated rings. The van der Waals surface area contributed by atoms with Crippen LogP contribution in [0, 0.1) is 0 Å². The lowest BCUT2D eigenvalue weighted by molar-refractivity contribution is 0.102. The summed E-state index contributed by atoms with van der Waals surface area (Å²) in [6.45, 7) is 0. The number of fused-ring (bicyclic) bond motifs is 1. The summed E-state index contributed by atoms with van der Waals surface area (Å²) in [6.07, 6.45) is 0. The van der Waals surface area contributed by atoms with Crippen LogP contribution in [0.5, 0.6) is 0 Å². The van der Waals surface area contributed by atoms with E-state index in [1.807, 2.05) is 42.5 Å². The Morgan fingerprint density at radius 2 is 1.48 bits per heavy atom. The maximum absolute atomic E-state index is 12.6. The van der Waals surface area contributed by atoms with E-state index in [-0.39, 0.29) is 5.91 Å². The first-order valence-electron chi connectivity index (χ1n) is 8.36. The standard InChI is InChI=1S/C20H21N3O3S/c1-22(2)27(25,26)23(3)17-13-11-16(12-14-17)20(24)21-19-10-6-8-15-7-4-5-9-18(15)19/h4-14H,1-3H3,(H,21,24). The van der Waals surface area contributed by atoms with Crippen molar-refractivity contribution in [2.24, 2.45) is 0 Å². The molecule has 0 bridgehead atoms. The Bertz CT molecular complexity index is 1070. The SMILES string of the molecule is CN(C)S(=O)(=O)N(C)c1ccc(C(=O)Nc2cccc3ccccc23)cc1. The number of amides is 1. The third kappa shape index (κ3) is 3.79. The Kier molecular flexibility index (Phi) is 5.16. The van der Waals surface area contributed by atoms with Crippen molar-refractivity contribution in [1.82, 2.24) is 4.31 Å². The molecular weight excluding hydrogens is 362 g/mol. The van der Waals surface area contributed by atoms with Gasteiger partial charge in [-0.25, -0.2) is 0 Å². The van der Waals surface area contributed by atoms with Crippen molar-refractivity contribution >= 4 is 38.3 Å². The molecule has 0 saturated heterocycles. The van der Waals surface area contributed by atoms with Crippen LogP contribution < -0.4 is 9.62 Å². The number of anilines is 2. The molecule has 3 aromatic rings. The van der Waals surface area contributed by atoms with Crippen molar-refractivity contribution in [3.8, 4) is 0 Å². The van der Waals surface area contributed by atoms with Gasteiger partial charge in [0.15, 0.2) is 0 Å². The first kappa shape index (κ1) is 18.9. The molecule has 1 N–H and O–H groups in total. The van der Waals surface area contributed by atoms with Gasteiger partial charge in [0.25, 0.3) is 5.91 Å². The molecule has 140 valence electrons. The van der Waals surface area contributed by atoms with Gasteiger partial charge < -0.3 is 5.32 Å². The molecule has 0 aromatic heterocycles. The highest BCUT2D eigenvalue weighted by Gasteiger charge is 2.21. The third-order valence-corrected chi connectivity index (χ3v) is 6.16. The van der Waals surface area contributed by atoms with Crippen molar-refractivity contribution in [3.63, 3.8) is 0 Å². The summed E-state index contributed by atoms with van der Waals surface area (Å²) >= 11 is 0. The summed E-state index contributed by atoms with van der Waals surface area (Å²) in [7, 11) is 0.843. The zero-order chi connectivity index (χ0) is 19.6. The summed E-state index contributed by atoms with van der Waals surface area (Å²) in [5.74, 6) is -0.254. The fourth-order valence-corrected chi connectivity index (χ4v) is 3.61. The number of benzene rings is 3. The first-order valence-corrected chi connectivity index (χ1v) is 9.76. The van der Waals surface area contributed by atoms with E-state index in [1.165, 1.54) is 25.4 Å². The molecule has 0 aliphatic carbocycles. The Morgan fingerprint density at radius 3 is 2.15 bits per heavy atom. The van der Waals surface area contributed by atoms with Crippen LogP contribution in [0.25, 0.3) is 10.8 Å². The van der Waals surface area contributed by atoms with Gasteiger partial charge in [0.05, 0.1) is 5.69 Å². The van der Waals surface area contributed by atoms with Crippen LogP contribution in [0.3, 0.4) is 0 Å². The largest absolute Gasteiger partial charge is 0.321 e. The molecule has 0 unspecified atom stereocenters. The van der Waals surface area contributed by atoms with Crippen molar-refractivity contribution < 1.29 is 13.2 Å². The smallest absolute Gasteiger partial charge is 0.303 e. The van der Waals surface area contributed by atoms with E-state index in [0.717, 1.165) is 20.8 Å². The van der Waals surface area contributed by atoms with Crippen LogP contribution in [0.2, 0.25) is 0 Å². The molecule has 27 heavy (non-hydrogen) atoms. The summed E-state index contributed by atoms with van der Waals surface area (Å²) < 4.78 is 26.7. The van der Waals surface area contributed by atoms with E-state index in [4.69, 9.17) is 0 Å². The van der Waals surface area contributed by atoms with Crippen molar-refractivity contribution in [1.29, 1.82) is 0 Å². The number of carbonyl (C=O) groups excluding carboxylic acids is 1. The van der Waals surface area contributed by atoms with Gasteiger partial charge in [0.1, 0.15) is 0 Å². The highest BCUT2D eigenvalue weighted by molar-refractivity contribution is 7.90. The number of hydrogen-bond acceptors (Lipinski definition) is 3. The molecule has 1 amide bonds. The Labute approximate surface area is 159 Å². The maximum atomic E-state index is 12.6. The zero-order valence-corrected chi connectivity index (χ0v) is 16.2. The van der Waals surface area contributed by atoms with Crippen LogP contribution in [-0.2, 0) is 10.2 Å². The minimum atomic E-state index is -3.57. The molecule has 3 rings (SSSR count). The molecule has 7 heteroatoms. The number of carbonyl (C=O) groups is 1. The first-order chi connectivity index (χ1) is 12.8. The third-order valence-electron chi connectivity index (χ3n) is 4.34. The number of nitrogens with zero attached hydrogens (tertiary/aromatic N) is 2. The van der Waals surface area contributed by atoms with Gasteiger partial charge >= 0.3 is 10.2 Å². The Morgan fingerprint density at radius 1 is 0.852 bits per heavy atom. The molecule has 0 spiro atoms. The average molecular weight is 383 g/mol.